The predicted molar refractivity (Wildman–Crippen MR) is 66.3 cm³/mol. The molecule has 2 aromatic rings. The van der Waals surface area contributed by atoms with Crippen LogP contribution in [0.5, 0.6) is 0 Å². The van der Waals surface area contributed by atoms with E-state index in [-0.39, 0.29) is 0 Å². The number of halogens is 1. The Morgan fingerprint density at radius 2 is 2.36 bits per heavy atom. The molecule has 1 unspecified atom stereocenters. The van der Waals surface area contributed by atoms with Gasteiger partial charge in [-0.05, 0) is 48.2 Å². The van der Waals surface area contributed by atoms with E-state index in [0.29, 0.717) is 6.04 Å². The van der Waals surface area contributed by atoms with Gasteiger partial charge in [-0.2, -0.15) is 0 Å². The molecule has 2 heterocycles. The molecule has 14 heavy (non-hydrogen) atoms. The molecule has 0 bridgehead atoms. The Labute approximate surface area is 96.4 Å². The molecule has 4 heteroatoms. The van der Waals surface area contributed by atoms with E-state index in [0.717, 1.165) is 5.65 Å². The van der Waals surface area contributed by atoms with Crippen molar-refractivity contribution >= 4 is 33.6 Å². The van der Waals surface area contributed by atoms with Crippen molar-refractivity contribution in [3.8, 4) is 0 Å². The zero-order chi connectivity index (χ0) is 10.1. The zero-order valence-corrected chi connectivity index (χ0v) is 10.3. The summed E-state index contributed by atoms with van der Waals surface area (Å²) in [5, 5.41) is 4.40. The smallest absolute Gasteiger partial charge is 0.138 e. The number of hydrogen-bond donors (Lipinski definition) is 2. The molecule has 0 saturated heterocycles. The molecule has 2 rings (SSSR count). The summed E-state index contributed by atoms with van der Waals surface area (Å²) < 4.78 is 1.22. The molecular formula is C10H12IN3. The minimum absolute atomic E-state index is 0.345. The number of aromatic nitrogens is 2. The van der Waals surface area contributed by atoms with Crippen molar-refractivity contribution in [2.75, 3.05) is 7.05 Å². The van der Waals surface area contributed by atoms with E-state index >= 15 is 0 Å². The highest BCUT2D eigenvalue weighted by Gasteiger charge is 2.07. The highest BCUT2D eigenvalue weighted by Crippen LogP contribution is 2.21. The topological polar surface area (TPSA) is 40.7 Å². The lowest BCUT2D eigenvalue weighted by molar-refractivity contribution is 0.651. The molecular weight excluding hydrogens is 289 g/mol. The largest absolute Gasteiger partial charge is 0.345 e. The Morgan fingerprint density at radius 1 is 1.57 bits per heavy atom. The second kappa shape index (κ2) is 3.86. The van der Waals surface area contributed by atoms with Crippen molar-refractivity contribution < 1.29 is 0 Å². The lowest BCUT2D eigenvalue weighted by Crippen LogP contribution is -2.12. The number of H-pyrrole nitrogens is 1. The molecule has 1 atom stereocenters. The fourth-order valence-corrected chi connectivity index (χ4v) is 1.96. The van der Waals surface area contributed by atoms with Gasteiger partial charge in [0, 0.05) is 27.4 Å². The van der Waals surface area contributed by atoms with Crippen LogP contribution in [0.25, 0.3) is 11.0 Å². The van der Waals surface area contributed by atoms with Crippen molar-refractivity contribution in [2.45, 2.75) is 13.0 Å². The van der Waals surface area contributed by atoms with Crippen LogP contribution in [0.2, 0.25) is 0 Å². The number of pyridine rings is 1. The number of hydrogen-bond acceptors (Lipinski definition) is 2. The molecule has 0 spiro atoms. The van der Waals surface area contributed by atoms with E-state index in [1.54, 1.807) is 0 Å². The number of nitrogens with one attached hydrogen (secondary N) is 2. The first kappa shape index (κ1) is 9.92. The molecule has 2 N–H and O–H groups in total. The van der Waals surface area contributed by atoms with E-state index in [2.05, 4.69) is 50.9 Å². The molecule has 74 valence electrons. The van der Waals surface area contributed by atoms with E-state index in [4.69, 9.17) is 0 Å². The Kier molecular flexibility index (Phi) is 2.73. The maximum absolute atomic E-state index is 4.37. The van der Waals surface area contributed by atoms with Gasteiger partial charge in [0.25, 0.3) is 0 Å². The molecule has 0 amide bonds. The highest BCUT2D eigenvalue weighted by molar-refractivity contribution is 14.1. The molecule has 0 radical (unpaired) electrons. The van der Waals surface area contributed by atoms with Crippen LogP contribution in [0.15, 0.2) is 18.5 Å². The standard InChI is InChI=1S/C10H12IN3/c1-6(12-2)7-3-8-9(11)5-14-10(8)13-4-7/h3-6,12H,1-2H3,(H,13,14). The van der Waals surface area contributed by atoms with Crippen LogP contribution in [-0.2, 0) is 0 Å². The number of nitrogens with zero attached hydrogens (tertiary/aromatic N) is 1. The summed E-state index contributed by atoms with van der Waals surface area (Å²) in [5.74, 6) is 0. The summed E-state index contributed by atoms with van der Waals surface area (Å²) >= 11 is 2.31. The van der Waals surface area contributed by atoms with E-state index in [1.807, 2.05) is 19.4 Å². The van der Waals surface area contributed by atoms with Crippen molar-refractivity contribution in [1.29, 1.82) is 0 Å². The molecule has 0 fully saturated rings. The molecule has 0 aliphatic carbocycles. The fraction of sp³-hybridized carbons (Fsp3) is 0.300. The summed E-state index contributed by atoms with van der Waals surface area (Å²) in [6.45, 7) is 2.13. The lowest BCUT2D eigenvalue weighted by atomic mass is 10.1. The number of aromatic amines is 1. The van der Waals surface area contributed by atoms with Gasteiger partial charge < -0.3 is 10.3 Å². The van der Waals surface area contributed by atoms with Crippen LogP contribution in [0.1, 0.15) is 18.5 Å². The second-order valence-electron chi connectivity index (χ2n) is 3.31. The monoisotopic (exact) mass is 301 g/mol. The third-order valence-electron chi connectivity index (χ3n) is 2.43. The average Bonchev–Trinajstić information content (AvgIpc) is 2.59. The number of rotatable bonds is 2. The maximum Gasteiger partial charge on any atom is 0.138 e. The van der Waals surface area contributed by atoms with Crippen LogP contribution in [0.3, 0.4) is 0 Å². The van der Waals surface area contributed by atoms with Gasteiger partial charge in [0.15, 0.2) is 0 Å². The van der Waals surface area contributed by atoms with E-state index in [9.17, 15) is 0 Å². The van der Waals surface area contributed by atoms with Crippen molar-refractivity contribution in [1.82, 2.24) is 15.3 Å². The van der Waals surface area contributed by atoms with Crippen molar-refractivity contribution in [2.24, 2.45) is 0 Å². The molecule has 0 saturated carbocycles. The van der Waals surface area contributed by atoms with Gasteiger partial charge >= 0.3 is 0 Å². The first-order valence-electron chi connectivity index (χ1n) is 4.52. The first-order valence-corrected chi connectivity index (χ1v) is 5.60. The van der Waals surface area contributed by atoms with Crippen LogP contribution in [-0.4, -0.2) is 17.0 Å². The SMILES string of the molecule is CNC(C)c1cnc2[nH]cc(I)c2c1. The molecule has 2 aromatic heterocycles. The maximum atomic E-state index is 4.37. The molecule has 3 nitrogen and oxygen atoms in total. The highest BCUT2D eigenvalue weighted by atomic mass is 127. The third-order valence-corrected chi connectivity index (χ3v) is 3.33. The van der Waals surface area contributed by atoms with Gasteiger partial charge in [0.05, 0.1) is 0 Å². The van der Waals surface area contributed by atoms with Crippen LogP contribution in [0.4, 0.5) is 0 Å². The van der Waals surface area contributed by atoms with Gasteiger partial charge in [-0.1, -0.05) is 0 Å². The number of fused-ring (bicyclic) bond motifs is 1. The Morgan fingerprint density at radius 3 is 3.07 bits per heavy atom. The summed E-state index contributed by atoms with van der Waals surface area (Å²) in [6.07, 6.45) is 3.89. The van der Waals surface area contributed by atoms with E-state index in [1.165, 1.54) is 14.5 Å². The molecule has 0 aliphatic rings. The Hall–Kier alpha value is -0.620. The fourth-order valence-electron chi connectivity index (χ4n) is 1.39. The van der Waals surface area contributed by atoms with Crippen molar-refractivity contribution in [3.63, 3.8) is 0 Å². The molecule has 0 aromatic carbocycles. The van der Waals surface area contributed by atoms with Crippen LogP contribution in [0, 0.1) is 3.57 Å². The predicted octanol–water partition coefficient (Wildman–Crippen LogP) is 2.45. The van der Waals surface area contributed by atoms with Gasteiger partial charge in [-0.3, -0.25) is 0 Å². The van der Waals surface area contributed by atoms with Crippen molar-refractivity contribution in [3.05, 3.63) is 27.6 Å². The normalized spacial score (nSPS) is 13.4. The Balaban J connectivity index is 2.54. The van der Waals surface area contributed by atoms with Gasteiger partial charge in [0.2, 0.25) is 0 Å². The summed E-state index contributed by atoms with van der Waals surface area (Å²) in [6, 6.07) is 2.53. The minimum Gasteiger partial charge on any atom is -0.345 e. The van der Waals surface area contributed by atoms with Gasteiger partial charge in [-0.15, -0.1) is 0 Å². The lowest BCUT2D eigenvalue weighted by Gasteiger charge is -2.09. The minimum atomic E-state index is 0.345. The van der Waals surface area contributed by atoms with Gasteiger partial charge in [-0.25, -0.2) is 4.98 Å². The first-order chi connectivity index (χ1) is 6.72. The average molecular weight is 301 g/mol. The van der Waals surface area contributed by atoms with Crippen LogP contribution >= 0.6 is 22.6 Å². The van der Waals surface area contributed by atoms with Crippen LogP contribution < -0.4 is 5.32 Å². The molecule has 0 aliphatic heterocycles. The third kappa shape index (κ3) is 1.64. The van der Waals surface area contributed by atoms with Gasteiger partial charge in [0.1, 0.15) is 5.65 Å². The quantitative estimate of drug-likeness (QED) is 0.837. The Bertz CT molecular complexity index is 450. The van der Waals surface area contributed by atoms with E-state index < -0.39 is 0 Å². The summed E-state index contributed by atoms with van der Waals surface area (Å²) in [7, 11) is 1.96. The summed E-state index contributed by atoms with van der Waals surface area (Å²) in [5.41, 5.74) is 2.18. The summed E-state index contributed by atoms with van der Waals surface area (Å²) in [4.78, 5) is 7.50. The second-order valence-corrected chi connectivity index (χ2v) is 4.47. The zero-order valence-electron chi connectivity index (χ0n) is 8.13.